The third-order valence-electron chi connectivity index (χ3n) is 6.78. The number of nitrogens with zero attached hydrogens (tertiary/aromatic N) is 2. The molecule has 0 aliphatic heterocycles. The van der Waals surface area contributed by atoms with Crippen LogP contribution in [0.1, 0.15) is 57.2 Å². The predicted molar refractivity (Wildman–Crippen MR) is 168 cm³/mol. The van der Waals surface area contributed by atoms with Crippen molar-refractivity contribution < 1.29 is 22.7 Å². The van der Waals surface area contributed by atoms with Crippen molar-refractivity contribution in [2.75, 3.05) is 24.2 Å². The van der Waals surface area contributed by atoms with Gasteiger partial charge in [0.25, 0.3) is 0 Å². The number of benzene rings is 3. The fourth-order valence-electron chi connectivity index (χ4n) is 4.61. The van der Waals surface area contributed by atoms with Crippen LogP contribution in [-0.2, 0) is 32.6 Å². The zero-order chi connectivity index (χ0) is 31.1. The zero-order valence-electron chi connectivity index (χ0n) is 25.6. The molecule has 0 radical (unpaired) electrons. The van der Waals surface area contributed by atoms with E-state index in [1.54, 1.807) is 31.4 Å². The molecule has 0 saturated carbocycles. The molecule has 0 saturated heterocycles. The summed E-state index contributed by atoms with van der Waals surface area (Å²) < 4.78 is 32.5. The molecule has 3 aromatic rings. The van der Waals surface area contributed by atoms with Crippen molar-refractivity contribution in [2.24, 2.45) is 0 Å². The third-order valence-corrected chi connectivity index (χ3v) is 7.92. The Bertz CT molecular complexity index is 1450. The average Bonchev–Trinajstić information content (AvgIpc) is 2.92. The molecule has 0 bridgehead atoms. The Morgan fingerprint density at radius 2 is 1.52 bits per heavy atom. The minimum absolute atomic E-state index is 0.0784. The third kappa shape index (κ3) is 9.34. The molecule has 0 spiro atoms. The summed E-state index contributed by atoms with van der Waals surface area (Å²) in [6.07, 6.45) is 1.33. The van der Waals surface area contributed by atoms with E-state index in [-0.39, 0.29) is 24.8 Å². The summed E-state index contributed by atoms with van der Waals surface area (Å²) in [5, 5.41) is 3.03. The number of hydrogen-bond acceptors (Lipinski definition) is 5. The van der Waals surface area contributed by atoms with Gasteiger partial charge in [-0.05, 0) is 67.6 Å². The summed E-state index contributed by atoms with van der Waals surface area (Å²) in [5.74, 6) is 0.0587. The number of rotatable bonds is 12. The smallest absolute Gasteiger partial charge is 0.244 e. The van der Waals surface area contributed by atoms with Gasteiger partial charge in [0, 0.05) is 18.5 Å². The molecule has 42 heavy (non-hydrogen) atoms. The number of ether oxygens (including phenoxy) is 1. The van der Waals surface area contributed by atoms with Crippen molar-refractivity contribution in [1.82, 2.24) is 10.2 Å². The minimum Gasteiger partial charge on any atom is -0.497 e. The van der Waals surface area contributed by atoms with E-state index in [0.29, 0.717) is 11.4 Å². The van der Waals surface area contributed by atoms with E-state index in [1.807, 2.05) is 75.4 Å². The van der Waals surface area contributed by atoms with Gasteiger partial charge in [-0.15, -0.1) is 0 Å². The van der Waals surface area contributed by atoms with Crippen molar-refractivity contribution in [1.29, 1.82) is 0 Å². The normalized spacial score (nSPS) is 12.5. The molecular formula is C33H43N3O5S. The Hall–Kier alpha value is -3.85. The van der Waals surface area contributed by atoms with Gasteiger partial charge >= 0.3 is 0 Å². The van der Waals surface area contributed by atoms with Crippen molar-refractivity contribution >= 4 is 27.5 Å². The maximum absolute atomic E-state index is 14.2. The topological polar surface area (TPSA) is 96.0 Å². The fourth-order valence-corrected chi connectivity index (χ4v) is 5.46. The van der Waals surface area contributed by atoms with Crippen LogP contribution >= 0.6 is 0 Å². The van der Waals surface area contributed by atoms with Crippen LogP contribution in [0.4, 0.5) is 5.69 Å². The van der Waals surface area contributed by atoms with Gasteiger partial charge in [-0.3, -0.25) is 13.9 Å². The van der Waals surface area contributed by atoms with Crippen molar-refractivity contribution in [2.45, 2.75) is 65.1 Å². The van der Waals surface area contributed by atoms with E-state index in [2.05, 4.69) is 19.2 Å². The van der Waals surface area contributed by atoms with Crippen LogP contribution < -0.4 is 14.4 Å². The maximum Gasteiger partial charge on any atom is 0.244 e. The summed E-state index contributed by atoms with van der Waals surface area (Å²) in [4.78, 5) is 29.5. The van der Waals surface area contributed by atoms with Crippen LogP contribution in [0.15, 0.2) is 78.9 Å². The van der Waals surface area contributed by atoms with E-state index in [4.69, 9.17) is 4.74 Å². The Labute approximate surface area is 250 Å². The number of nitrogens with one attached hydrogen (secondary N) is 1. The number of carbonyl (C=O) groups excluding carboxylic acids is 2. The molecule has 2 amide bonds. The van der Waals surface area contributed by atoms with Gasteiger partial charge in [-0.1, -0.05) is 68.4 Å². The molecular weight excluding hydrogens is 550 g/mol. The van der Waals surface area contributed by atoms with E-state index in [9.17, 15) is 18.0 Å². The lowest BCUT2D eigenvalue weighted by Crippen LogP contribution is -2.56. The lowest BCUT2D eigenvalue weighted by atomic mass is 10.0. The monoisotopic (exact) mass is 593 g/mol. The summed E-state index contributed by atoms with van der Waals surface area (Å²) in [5.41, 5.74) is 2.51. The molecule has 0 aliphatic rings. The Kier molecular flexibility index (Phi) is 10.8. The van der Waals surface area contributed by atoms with Gasteiger partial charge in [-0.2, -0.15) is 0 Å². The van der Waals surface area contributed by atoms with Crippen LogP contribution in [0.5, 0.6) is 5.75 Å². The summed E-state index contributed by atoms with van der Waals surface area (Å²) in [6, 6.07) is 23.0. The molecule has 9 heteroatoms. The lowest BCUT2D eigenvalue weighted by molar-refractivity contribution is -0.140. The molecule has 1 unspecified atom stereocenters. The van der Waals surface area contributed by atoms with Gasteiger partial charge in [0.2, 0.25) is 21.8 Å². The first-order valence-electron chi connectivity index (χ1n) is 14.0. The number of amides is 2. The van der Waals surface area contributed by atoms with Crippen molar-refractivity contribution in [3.63, 3.8) is 0 Å². The molecule has 0 aliphatic carbocycles. The molecule has 8 nitrogen and oxygen atoms in total. The zero-order valence-corrected chi connectivity index (χ0v) is 26.4. The van der Waals surface area contributed by atoms with Gasteiger partial charge in [-0.25, -0.2) is 8.42 Å². The van der Waals surface area contributed by atoms with Crippen LogP contribution in [0, 0.1) is 0 Å². The van der Waals surface area contributed by atoms with Crippen LogP contribution in [-0.4, -0.2) is 56.6 Å². The largest absolute Gasteiger partial charge is 0.497 e. The quantitative estimate of drug-likeness (QED) is 0.314. The summed E-state index contributed by atoms with van der Waals surface area (Å²) in [7, 11) is -2.27. The Morgan fingerprint density at radius 3 is 2.07 bits per heavy atom. The van der Waals surface area contributed by atoms with Gasteiger partial charge in [0.05, 0.1) is 19.1 Å². The molecule has 3 aromatic carbocycles. The van der Waals surface area contributed by atoms with E-state index < -0.39 is 34.1 Å². The van der Waals surface area contributed by atoms with E-state index in [1.165, 1.54) is 4.90 Å². The molecule has 1 N–H and O–H groups in total. The van der Waals surface area contributed by atoms with Crippen LogP contribution in [0.3, 0.4) is 0 Å². The minimum atomic E-state index is -3.83. The SMILES string of the molecule is COc1cccc(CN(C(=O)CN(c2ccc(C(C)C)cc2)S(C)(=O)=O)C(Cc2ccccc2)C(=O)NC(C)(C)C)c1. The van der Waals surface area contributed by atoms with Crippen LogP contribution in [0.25, 0.3) is 0 Å². The molecule has 226 valence electrons. The van der Waals surface area contributed by atoms with Crippen LogP contribution in [0.2, 0.25) is 0 Å². The Morgan fingerprint density at radius 1 is 0.905 bits per heavy atom. The van der Waals surface area contributed by atoms with Crippen molar-refractivity contribution in [3.8, 4) is 5.75 Å². The molecule has 3 rings (SSSR count). The highest BCUT2D eigenvalue weighted by molar-refractivity contribution is 7.92. The number of sulfonamides is 1. The molecule has 1 atom stereocenters. The molecule has 0 fully saturated rings. The van der Waals surface area contributed by atoms with E-state index in [0.717, 1.165) is 27.3 Å². The van der Waals surface area contributed by atoms with Gasteiger partial charge < -0.3 is 15.0 Å². The van der Waals surface area contributed by atoms with Gasteiger partial charge in [0.15, 0.2) is 0 Å². The molecule has 0 heterocycles. The highest BCUT2D eigenvalue weighted by atomic mass is 32.2. The number of anilines is 1. The highest BCUT2D eigenvalue weighted by Crippen LogP contribution is 2.24. The standard InChI is InChI=1S/C33H43N3O5S/c1-24(2)27-16-18-28(19-17-27)36(42(7,39)40)23-31(37)35(22-26-14-11-15-29(20-26)41-6)30(32(38)34-33(3,4)5)21-25-12-9-8-10-13-25/h8-20,24,30H,21-23H2,1-7H3,(H,34,38). The number of carbonyl (C=O) groups is 2. The predicted octanol–water partition coefficient (Wildman–Crippen LogP) is 5.14. The number of hydrogen-bond donors (Lipinski definition) is 1. The second-order valence-corrected chi connectivity index (χ2v) is 13.7. The summed E-state index contributed by atoms with van der Waals surface area (Å²) in [6.45, 7) is 9.37. The Balaban J connectivity index is 2.08. The summed E-state index contributed by atoms with van der Waals surface area (Å²) >= 11 is 0. The molecule has 0 aromatic heterocycles. The first-order chi connectivity index (χ1) is 19.7. The lowest BCUT2D eigenvalue weighted by Gasteiger charge is -2.35. The van der Waals surface area contributed by atoms with E-state index >= 15 is 0 Å². The second kappa shape index (κ2) is 13.9. The first kappa shape index (κ1) is 32.7. The maximum atomic E-state index is 14.2. The number of methoxy groups -OCH3 is 1. The second-order valence-electron chi connectivity index (χ2n) is 11.8. The first-order valence-corrected chi connectivity index (χ1v) is 15.9. The van der Waals surface area contributed by atoms with Gasteiger partial charge in [0.1, 0.15) is 18.3 Å². The fraction of sp³-hybridized carbons (Fsp3) is 0.394. The highest BCUT2D eigenvalue weighted by Gasteiger charge is 2.34. The average molecular weight is 594 g/mol. The van der Waals surface area contributed by atoms with Crippen molar-refractivity contribution in [3.05, 3.63) is 95.6 Å².